The van der Waals surface area contributed by atoms with Gasteiger partial charge >= 0.3 is 0 Å². The Bertz CT molecular complexity index is 771. The highest BCUT2D eigenvalue weighted by Gasteiger charge is 2.39. The standard InChI is InChI=1S/C20H28N4O2/c1-5-18-22-13(2)19(23-18)15-11-24(3)12-16(15)20(25)21-10-14-8-6-7-9-17(14)26-4/h6-9,15-16H,5,10-12H2,1-4H3,(H,21,25)(H,22,23)/t15-,16-/m0/s1. The molecule has 1 aromatic carbocycles. The molecule has 1 saturated heterocycles. The van der Waals surface area contributed by atoms with Crippen molar-refractivity contribution in [1.82, 2.24) is 20.2 Å². The summed E-state index contributed by atoms with van der Waals surface area (Å²) in [6.45, 7) is 6.19. The van der Waals surface area contributed by atoms with E-state index in [9.17, 15) is 4.79 Å². The number of likely N-dealkylation sites (tertiary alicyclic amines) is 1. The van der Waals surface area contributed by atoms with Crippen LogP contribution in [0.15, 0.2) is 24.3 Å². The van der Waals surface area contributed by atoms with Crippen molar-refractivity contribution in [3.05, 3.63) is 47.0 Å². The molecule has 0 spiro atoms. The molecule has 1 aromatic heterocycles. The summed E-state index contributed by atoms with van der Waals surface area (Å²) >= 11 is 0. The number of nitrogens with one attached hydrogen (secondary N) is 2. The molecule has 3 rings (SSSR count). The number of nitrogens with zero attached hydrogens (tertiary/aromatic N) is 2. The molecule has 2 N–H and O–H groups in total. The molecule has 1 aliphatic rings. The third-order valence-corrected chi connectivity index (χ3v) is 5.14. The lowest BCUT2D eigenvalue weighted by Gasteiger charge is -2.18. The van der Waals surface area contributed by atoms with Crippen LogP contribution in [0.2, 0.25) is 0 Å². The van der Waals surface area contributed by atoms with E-state index in [-0.39, 0.29) is 17.7 Å². The van der Waals surface area contributed by atoms with E-state index in [4.69, 9.17) is 9.72 Å². The zero-order valence-corrected chi connectivity index (χ0v) is 16.0. The molecule has 0 radical (unpaired) electrons. The number of likely N-dealkylation sites (N-methyl/N-ethyl adjacent to an activating group) is 1. The van der Waals surface area contributed by atoms with Crippen molar-refractivity contribution in [3.63, 3.8) is 0 Å². The monoisotopic (exact) mass is 356 g/mol. The molecule has 2 atom stereocenters. The smallest absolute Gasteiger partial charge is 0.225 e. The summed E-state index contributed by atoms with van der Waals surface area (Å²) < 4.78 is 5.37. The van der Waals surface area contributed by atoms with Gasteiger partial charge in [-0.15, -0.1) is 0 Å². The Morgan fingerprint density at radius 2 is 2.15 bits per heavy atom. The molecule has 2 aromatic rings. The number of aromatic nitrogens is 2. The summed E-state index contributed by atoms with van der Waals surface area (Å²) in [6, 6.07) is 7.77. The van der Waals surface area contributed by atoms with E-state index in [2.05, 4.69) is 29.2 Å². The number of imidazole rings is 1. The minimum absolute atomic E-state index is 0.0747. The van der Waals surface area contributed by atoms with Crippen LogP contribution in [0.5, 0.6) is 5.75 Å². The van der Waals surface area contributed by atoms with Crippen molar-refractivity contribution in [1.29, 1.82) is 0 Å². The molecule has 1 amide bonds. The molecule has 1 aliphatic heterocycles. The van der Waals surface area contributed by atoms with Gasteiger partial charge in [0, 0.05) is 43.2 Å². The number of aryl methyl sites for hydroxylation is 2. The largest absolute Gasteiger partial charge is 0.496 e. The number of benzene rings is 1. The number of hydrogen-bond donors (Lipinski definition) is 2. The molecule has 0 saturated carbocycles. The van der Waals surface area contributed by atoms with Crippen molar-refractivity contribution in [3.8, 4) is 5.75 Å². The number of aromatic amines is 1. The van der Waals surface area contributed by atoms with E-state index >= 15 is 0 Å². The third kappa shape index (κ3) is 3.75. The summed E-state index contributed by atoms with van der Waals surface area (Å²) in [6.07, 6.45) is 0.869. The fourth-order valence-corrected chi connectivity index (χ4v) is 3.77. The first-order chi connectivity index (χ1) is 12.5. The van der Waals surface area contributed by atoms with Crippen molar-refractivity contribution in [2.24, 2.45) is 5.92 Å². The summed E-state index contributed by atoms with van der Waals surface area (Å²) in [5.74, 6) is 1.88. The molecule has 26 heavy (non-hydrogen) atoms. The van der Waals surface area contributed by atoms with Crippen molar-refractivity contribution in [2.45, 2.75) is 32.7 Å². The van der Waals surface area contributed by atoms with Crippen molar-refractivity contribution >= 4 is 5.91 Å². The van der Waals surface area contributed by atoms with Crippen molar-refractivity contribution in [2.75, 3.05) is 27.2 Å². The van der Waals surface area contributed by atoms with Gasteiger partial charge < -0.3 is 19.9 Å². The maximum Gasteiger partial charge on any atom is 0.225 e. The molecule has 0 unspecified atom stereocenters. The van der Waals surface area contributed by atoms with Crippen LogP contribution >= 0.6 is 0 Å². The molecular weight excluding hydrogens is 328 g/mol. The number of para-hydroxylation sites is 1. The summed E-state index contributed by atoms with van der Waals surface area (Å²) in [7, 11) is 3.71. The maximum absolute atomic E-state index is 12.9. The van der Waals surface area contributed by atoms with Crippen molar-refractivity contribution < 1.29 is 9.53 Å². The average molecular weight is 356 g/mol. The highest BCUT2D eigenvalue weighted by atomic mass is 16.5. The fraction of sp³-hybridized carbons (Fsp3) is 0.500. The zero-order valence-electron chi connectivity index (χ0n) is 16.0. The van der Waals surface area contributed by atoms with Gasteiger partial charge in [0.25, 0.3) is 0 Å². The molecule has 140 valence electrons. The molecule has 0 aliphatic carbocycles. The number of amides is 1. The van der Waals surface area contributed by atoms with E-state index in [1.807, 2.05) is 31.2 Å². The molecule has 6 heteroatoms. The van der Waals surface area contributed by atoms with E-state index < -0.39 is 0 Å². The Labute approximate surface area is 155 Å². The Kier molecular flexibility index (Phi) is 5.61. The number of H-pyrrole nitrogens is 1. The maximum atomic E-state index is 12.9. The molecule has 1 fully saturated rings. The number of ether oxygens (including phenoxy) is 1. The second-order valence-electron chi connectivity index (χ2n) is 7.01. The van der Waals surface area contributed by atoms with Crippen LogP contribution in [0.1, 0.15) is 35.6 Å². The first kappa shape index (κ1) is 18.5. The van der Waals surface area contributed by atoms with Crippen LogP contribution in [0, 0.1) is 12.8 Å². The lowest BCUT2D eigenvalue weighted by atomic mass is 9.91. The van der Waals surface area contributed by atoms with Crippen LogP contribution in [-0.4, -0.2) is 48.0 Å². The summed E-state index contributed by atoms with van der Waals surface area (Å²) in [5.41, 5.74) is 3.09. The topological polar surface area (TPSA) is 70.2 Å². The minimum atomic E-state index is -0.0959. The summed E-state index contributed by atoms with van der Waals surface area (Å²) in [4.78, 5) is 23.2. The predicted molar refractivity (Wildman–Crippen MR) is 101 cm³/mol. The average Bonchev–Trinajstić information content (AvgIpc) is 3.22. The van der Waals surface area contributed by atoms with E-state index in [1.165, 1.54) is 0 Å². The summed E-state index contributed by atoms with van der Waals surface area (Å²) in [5, 5.41) is 3.09. The highest BCUT2D eigenvalue weighted by Crippen LogP contribution is 2.33. The normalized spacial score (nSPS) is 20.3. The van der Waals surface area contributed by atoms with E-state index in [0.29, 0.717) is 6.54 Å². The van der Waals surface area contributed by atoms with Gasteiger partial charge in [0.1, 0.15) is 11.6 Å². The Morgan fingerprint density at radius 1 is 1.38 bits per heavy atom. The zero-order chi connectivity index (χ0) is 18.7. The number of methoxy groups -OCH3 is 1. The SMILES string of the molecule is CCc1nc([C@H]2CN(C)C[C@@H]2C(=O)NCc2ccccc2OC)c(C)[nH]1. The fourth-order valence-electron chi connectivity index (χ4n) is 3.77. The molecule has 0 bridgehead atoms. The Hall–Kier alpha value is -2.34. The molecule has 2 heterocycles. The van der Waals surface area contributed by atoms with Crippen LogP contribution in [0.3, 0.4) is 0 Å². The number of hydrogen-bond acceptors (Lipinski definition) is 4. The van der Waals surface area contributed by atoms with E-state index in [0.717, 1.165) is 48.0 Å². The second-order valence-corrected chi connectivity index (χ2v) is 7.01. The van der Waals surface area contributed by atoms with Gasteiger partial charge in [0.05, 0.1) is 18.7 Å². The molecular formula is C20H28N4O2. The van der Waals surface area contributed by atoms with Gasteiger partial charge in [-0.05, 0) is 20.0 Å². The predicted octanol–water partition coefficient (Wildman–Crippen LogP) is 2.25. The van der Waals surface area contributed by atoms with Crippen LogP contribution in [0.25, 0.3) is 0 Å². The lowest BCUT2D eigenvalue weighted by molar-refractivity contribution is -0.125. The van der Waals surface area contributed by atoms with Gasteiger partial charge in [-0.1, -0.05) is 25.1 Å². The minimum Gasteiger partial charge on any atom is -0.496 e. The second kappa shape index (κ2) is 7.91. The Balaban J connectivity index is 1.73. The van der Waals surface area contributed by atoms with Crippen LogP contribution in [-0.2, 0) is 17.8 Å². The van der Waals surface area contributed by atoms with E-state index in [1.54, 1.807) is 7.11 Å². The Morgan fingerprint density at radius 3 is 2.85 bits per heavy atom. The number of carbonyl (C=O) groups excluding carboxylic acids is 1. The third-order valence-electron chi connectivity index (χ3n) is 5.14. The first-order valence-corrected chi connectivity index (χ1v) is 9.17. The number of rotatable bonds is 6. The molecule has 6 nitrogen and oxygen atoms in total. The number of carbonyl (C=O) groups is 1. The lowest BCUT2D eigenvalue weighted by Crippen LogP contribution is -2.34. The van der Waals surface area contributed by atoms with Crippen LogP contribution < -0.4 is 10.1 Å². The van der Waals surface area contributed by atoms with Gasteiger partial charge in [0.2, 0.25) is 5.91 Å². The first-order valence-electron chi connectivity index (χ1n) is 9.17. The highest BCUT2D eigenvalue weighted by molar-refractivity contribution is 5.80. The quantitative estimate of drug-likeness (QED) is 0.833. The van der Waals surface area contributed by atoms with Gasteiger partial charge in [-0.3, -0.25) is 4.79 Å². The van der Waals surface area contributed by atoms with Crippen LogP contribution in [0.4, 0.5) is 0 Å². The van der Waals surface area contributed by atoms with Gasteiger partial charge in [0.15, 0.2) is 0 Å². The van der Waals surface area contributed by atoms with Gasteiger partial charge in [-0.2, -0.15) is 0 Å². The van der Waals surface area contributed by atoms with Gasteiger partial charge in [-0.25, -0.2) is 4.98 Å².